The molecule has 2 N–H and O–H groups in total. The molecule has 0 radical (unpaired) electrons. The Bertz CT molecular complexity index is 519. The second-order valence-corrected chi connectivity index (χ2v) is 5.67. The fourth-order valence-electron chi connectivity index (χ4n) is 1.54. The van der Waals surface area contributed by atoms with Gasteiger partial charge in [0.25, 0.3) is 0 Å². The number of aromatic nitrogens is 1. The Kier molecular flexibility index (Phi) is 4.92. The molecule has 1 rings (SSSR count). The van der Waals surface area contributed by atoms with Crippen LogP contribution in [0.3, 0.4) is 0 Å². The van der Waals surface area contributed by atoms with Gasteiger partial charge in [0, 0.05) is 19.3 Å². The van der Waals surface area contributed by atoms with Crippen molar-refractivity contribution in [2.45, 2.75) is 38.1 Å². The van der Waals surface area contributed by atoms with Gasteiger partial charge in [0.15, 0.2) is 0 Å². The molecule has 0 atom stereocenters. The van der Waals surface area contributed by atoms with Crippen LogP contribution in [-0.4, -0.2) is 30.6 Å². The van der Waals surface area contributed by atoms with Gasteiger partial charge in [-0.2, -0.15) is 0 Å². The van der Waals surface area contributed by atoms with Gasteiger partial charge in [0.05, 0.1) is 0 Å². The number of aryl methyl sites for hydroxylation is 1. The number of unbranched alkanes of at least 4 members (excludes halogenated alkanes) is 1. The topological polar surface area (TPSA) is 88.4 Å². The van der Waals surface area contributed by atoms with E-state index in [9.17, 15) is 13.2 Å². The van der Waals surface area contributed by atoms with Gasteiger partial charge < -0.3 is 9.67 Å². The molecule has 0 bridgehead atoms. The van der Waals surface area contributed by atoms with Crippen LogP contribution in [-0.2, 0) is 16.6 Å². The molecule has 0 unspecified atom stereocenters. The minimum absolute atomic E-state index is 0.00199. The molecule has 1 aromatic heterocycles. The van der Waals surface area contributed by atoms with Crippen LogP contribution in [0.25, 0.3) is 0 Å². The lowest BCUT2D eigenvalue weighted by molar-refractivity contribution is 0.0685. The maximum absolute atomic E-state index is 11.9. The fourth-order valence-corrected chi connectivity index (χ4v) is 2.65. The SMILES string of the molecule is CCCCNS(=O)(=O)c1cc(C(=O)O)n(CC)c1. The summed E-state index contributed by atoms with van der Waals surface area (Å²) in [6, 6.07) is 1.18. The number of hydrogen-bond acceptors (Lipinski definition) is 3. The summed E-state index contributed by atoms with van der Waals surface area (Å²) < 4.78 is 27.6. The number of hydrogen-bond donors (Lipinski definition) is 2. The summed E-state index contributed by atoms with van der Waals surface area (Å²) in [4.78, 5) is 10.9. The molecule has 1 heterocycles. The predicted molar refractivity (Wildman–Crippen MR) is 67.2 cm³/mol. The molecule has 0 aliphatic heterocycles. The molecule has 6 nitrogen and oxygen atoms in total. The molecular formula is C11H18N2O4S. The highest BCUT2D eigenvalue weighted by Crippen LogP contribution is 2.14. The molecule has 0 spiro atoms. The van der Waals surface area contributed by atoms with Crippen LogP contribution in [0.4, 0.5) is 0 Å². The van der Waals surface area contributed by atoms with E-state index in [2.05, 4.69) is 4.72 Å². The van der Waals surface area contributed by atoms with Gasteiger partial charge in [-0.3, -0.25) is 0 Å². The van der Waals surface area contributed by atoms with Crippen LogP contribution in [0.1, 0.15) is 37.2 Å². The molecule has 0 aliphatic rings. The lowest BCUT2D eigenvalue weighted by Crippen LogP contribution is -2.24. The standard InChI is InChI=1S/C11H18N2O4S/c1-3-5-6-12-18(16,17)9-7-10(11(14)15)13(4-2)8-9/h7-8,12H,3-6H2,1-2H3,(H,14,15). The zero-order valence-electron chi connectivity index (χ0n) is 10.5. The van der Waals surface area contributed by atoms with E-state index < -0.39 is 16.0 Å². The third kappa shape index (κ3) is 3.33. The monoisotopic (exact) mass is 274 g/mol. The first-order valence-corrected chi connectivity index (χ1v) is 7.33. The van der Waals surface area contributed by atoms with E-state index in [1.165, 1.54) is 16.8 Å². The molecule has 18 heavy (non-hydrogen) atoms. The zero-order chi connectivity index (χ0) is 13.8. The van der Waals surface area contributed by atoms with Crippen molar-refractivity contribution < 1.29 is 18.3 Å². The molecule has 0 aromatic carbocycles. The molecule has 0 saturated heterocycles. The Labute approximate surface area is 107 Å². The smallest absolute Gasteiger partial charge is 0.352 e. The van der Waals surface area contributed by atoms with Crippen molar-refractivity contribution in [3.05, 3.63) is 18.0 Å². The summed E-state index contributed by atoms with van der Waals surface area (Å²) in [5.41, 5.74) is -0.0200. The molecule has 0 aliphatic carbocycles. The van der Waals surface area contributed by atoms with Crippen molar-refractivity contribution in [3.8, 4) is 0 Å². The van der Waals surface area contributed by atoms with Crippen molar-refractivity contribution in [2.24, 2.45) is 0 Å². The second-order valence-electron chi connectivity index (χ2n) is 3.90. The van der Waals surface area contributed by atoms with Crippen LogP contribution >= 0.6 is 0 Å². The number of carbonyl (C=O) groups is 1. The van der Waals surface area contributed by atoms with Crippen molar-refractivity contribution in [3.63, 3.8) is 0 Å². The molecule has 0 saturated carbocycles. The third-order valence-corrected chi connectivity index (χ3v) is 3.99. The van der Waals surface area contributed by atoms with Crippen LogP contribution < -0.4 is 4.72 Å². The van der Waals surface area contributed by atoms with Gasteiger partial charge in [-0.1, -0.05) is 13.3 Å². The molecule has 0 fully saturated rings. The number of sulfonamides is 1. The number of nitrogens with one attached hydrogen (secondary N) is 1. The highest BCUT2D eigenvalue weighted by atomic mass is 32.2. The molecule has 0 amide bonds. The van der Waals surface area contributed by atoms with Gasteiger partial charge in [0.1, 0.15) is 10.6 Å². The number of rotatable bonds is 7. The maximum atomic E-state index is 11.9. The number of aromatic carboxylic acids is 1. The highest BCUT2D eigenvalue weighted by Gasteiger charge is 2.20. The molecule has 1 aromatic rings. The number of carboxylic acid groups (broad SMARTS) is 1. The quantitative estimate of drug-likeness (QED) is 0.733. The van der Waals surface area contributed by atoms with Gasteiger partial charge in [-0.25, -0.2) is 17.9 Å². The normalized spacial score (nSPS) is 11.7. The van der Waals surface area contributed by atoms with Crippen LogP contribution in [0.5, 0.6) is 0 Å². The predicted octanol–water partition coefficient (Wildman–Crippen LogP) is 1.28. The van der Waals surface area contributed by atoms with E-state index in [0.717, 1.165) is 12.8 Å². The van der Waals surface area contributed by atoms with Crippen molar-refractivity contribution >= 4 is 16.0 Å². The molecular weight excluding hydrogens is 256 g/mol. The Morgan fingerprint density at radius 3 is 2.56 bits per heavy atom. The lowest BCUT2D eigenvalue weighted by atomic mass is 10.3. The summed E-state index contributed by atoms with van der Waals surface area (Å²) in [7, 11) is -3.61. The number of nitrogens with zero attached hydrogens (tertiary/aromatic N) is 1. The van der Waals surface area contributed by atoms with Crippen molar-refractivity contribution in [2.75, 3.05) is 6.54 Å². The Balaban J connectivity index is 2.99. The van der Waals surface area contributed by atoms with Gasteiger partial charge >= 0.3 is 5.97 Å². The van der Waals surface area contributed by atoms with E-state index in [1.54, 1.807) is 6.92 Å². The summed E-state index contributed by atoms with van der Waals surface area (Å²) in [6.45, 7) is 4.49. The fraction of sp³-hybridized carbons (Fsp3) is 0.545. The zero-order valence-corrected chi connectivity index (χ0v) is 11.3. The highest BCUT2D eigenvalue weighted by molar-refractivity contribution is 7.89. The largest absolute Gasteiger partial charge is 0.477 e. The summed E-state index contributed by atoms with van der Waals surface area (Å²) in [5, 5.41) is 8.95. The molecule has 102 valence electrons. The van der Waals surface area contributed by atoms with E-state index in [1.807, 2.05) is 6.92 Å². The lowest BCUT2D eigenvalue weighted by Gasteiger charge is -2.03. The third-order valence-electron chi connectivity index (χ3n) is 2.56. The summed E-state index contributed by atoms with van der Waals surface area (Å²) in [6.07, 6.45) is 2.98. The maximum Gasteiger partial charge on any atom is 0.352 e. The van der Waals surface area contributed by atoms with E-state index >= 15 is 0 Å². The van der Waals surface area contributed by atoms with Gasteiger partial charge in [0.2, 0.25) is 10.0 Å². The van der Waals surface area contributed by atoms with Gasteiger partial charge in [-0.15, -0.1) is 0 Å². The summed E-state index contributed by atoms with van der Waals surface area (Å²) >= 11 is 0. The van der Waals surface area contributed by atoms with Crippen LogP contribution in [0, 0.1) is 0 Å². The Morgan fingerprint density at radius 1 is 1.44 bits per heavy atom. The summed E-state index contributed by atoms with van der Waals surface area (Å²) in [5.74, 6) is -1.13. The van der Waals surface area contributed by atoms with Crippen LogP contribution in [0.15, 0.2) is 17.2 Å². The van der Waals surface area contributed by atoms with Gasteiger partial charge in [-0.05, 0) is 19.4 Å². The van der Waals surface area contributed by atoms with E-state index in [0.29, 0.717) is 13.1 Å². The van der Waals surface area contributed by atoms with Crippen molar-refractivity contribution in [1.29, 1.82) is 0 Å². The average molecular weight is 274 g/mol. The first-order valence-electron chi connectivity index (χ1n) is 5.85. The van der Waals surface area contributed by atoms with E-state index in [4.69, 9.17) is 5.11 Å². The Hall–Kier alpha value is -1.34. The van der Waals surface area contributed by atoms with Crippen LogP contribution in [0.2, 0.25) is 0 Å². The first-order chi connectivity index (χ1) is 8.42. The average Bonchev–Trinajstić information content (AvgIpc) is 2.74. The van der Waals surface area contributed by atoms with Crippen molar-refractivity contribution in [1.82, 2.24) is 9.29 Å². The minimum atomic E-state index is -3.61. The second kappa shape index (κ2) is 6.01. The number of carboxylic acids is 1. The first kappa shape index (κ1) is 14.7. The molecule has 7 heteroatoms. The Morgan fingerprint density at radius 2 is 2.11 bits per heavy atom. The minimum Gasteiger partial charge on any atom is -0.477 e. The van der Waals surface area contributed by atoms with E-state index in [-0.39, 0.29) is 10.6 Å².